The molecule has 1 saturated heterocycles. The van der Waals surface area contributed by atoms with Crippen LogP contribution in [0.25, 0.3) is 0 Å². The van der Waals surface area contributed by atoms with Crippen LogP contribution < -0.4 is 9.47 Å². The molecule has 118 valence electrons. The fraction of sp³-hybridized carbons (Fsp3) is 0.538. The lowest BCUT2D eigenvalue weighted by Gasteiger charge is -2.44. The molecule has 0 aliphatic carbocycles. The molecule has 0 radical (unpaired) electrons. The standard InChI is InChI=1S/C13H18O8/c1-19-7-2-4-8(5-3-7)20-13(18)12(17)11(16)10(15)9(6-14)21-13/h2-5,9-12,14-18H,6H2,1H3/t9-,10+,11+,12+,13+/m1/s1. The number of hydrogen-bond donors (Lipinski definition) is 5. The van der Waals surface area contributed by atoms with E-state index in [4.69, 9.17) is 19.3 Å². The molecule has 21 heavy (non-hydrogen) atoms. The second-order valence-corrected chi connectivity index (χ2v) is 4.67. The van der Waals surface area contributed by atoms with E-state index in [1.807, 2.05) is 0 Å². The molecule has 1 aromatic rings. The lowest BCUT2D eigenvalue weighted by molar-refractivity contribution is -0.422. The first-order chi connectivity index (χ1) is 9.91. The van der Waals surface area contributed by atoms with Crippen molar-refractivity contribution in [3.05, 3.63) is 24.3 Å². The van der Waals surface area contributed by atoms with Gasteiger partial charge in [-0.25, -0.2) is 0 Å². The molecule has 0 aromatic heterocycles. The minimum Gasteiger partial charge on any atom is -0.497 e. The first kappa shape index (κ1) is 16.0. The molecule has 5 N–H and O–H groups in total. The first-order valence-corrected chi connectivity index (χ1v) is 6.29. The molecule has 8 heteroatoms. The van der Waals surface area contributed by atoms with Gasteiger partial charge in [0.25, 0.3) is 0 Å². The molecular formula is C13H18O8. The Bertz CT molecular complexity index is 462. The molecule has 0 spiro atoms. The number of aliphatic hydroxyl groups excluding tert-OH is 4. The van der Waals surface area contributed by atoms with E-state index >= 15 is 0 Å². The van der Waals surface area contributed by atoms with Crippen molar-refractivity contribution in [1.82, 2.24) is 0 Å². The molecule has 8 nitrogen and oxygen atoms in total. The van der Waals surface area contributed by atoms with Crippen molar-refractivity contribution in [1.29, 1.82) is 0 Å². The molecule has 0 saturated carbocycles. The lowest BCUT2D eigenvalue weighted by atomic mass is 9.98. The Balaban J connectivity index is 2.18. The zero-order valence-corrected chi connectivity index (χ0v) is 11.3. The maximum absolute atomic E-state index is 10.2. The second kappa shape index (κ2) is 6.14. The van der Waals surface area contributed by atoms with E-state index in [9.17, 15) is 20.4 Å². The van der Waals surface area contributed by atoms with Gasteiger partial charge in [-0.15, -0.1) is 0 Å². The van der Waals surface area contributed by atoms with Gasteiger partial charge >= 0.3 is 5.97 Å². The normalized spacial score (nSPS) is 36.3. The molecule has 5 atom stereocenters. The smallest absolute Gasteiger partial charge is 0.355 e. The summed E-state index contributed by atoms with van der Waals surface area (Å²) in [6.45, 7) is -0.667. The van der Waals surface area contributed by atoms with Gasteiger partial charge in [-0.2, -0.15) is 0 Å². The van der Waals surface area contributed by atoms with Crippen LogP contribution in [0.2, 0.25) is 0 Å². The van der Waals surface area contributed by atoms with E-state index in [2.05, 4.69) is 0 Å². The third-order valence-corrected chi connectivity index (χ3v) is 3.25. The predicted octanol–water partition coefficient (Wildman–Crippen LogP) is -1.81. The van der Waals surface area contributed by atoms with Gasteiger partial charge in [0.15, 0.2) is 6.10 Å². The Kier molecular flexibility index (Phi) is 4.67. The van der Waals surface area contributed by atoms with Crippen molar-refractivity contribution in [2.24, 2.45) is 0 Å². The summed E-state index contributed by atoms with van der Waals surface area (Å²) in [6, 6.07) is 6.03. The van der Waals surface area contributed by atoms with Gasteiger partial charge < -0.3 is 39.7 Å². The third-order valence-electron chi connectivity index (χ3n) is 3.25. The largest absolute Gasteiger partial charge is 0.497 e. The highest BCUT2D eigenvalue weighted by Crippen LogP contribution is 2.31. The lowest BCUT2D eigenvalue weighted by Crippen LogP contribution is -2.67. The highest BCUT2D eigenvalue weighted by Gasteiger charge is 2.55. The monoisotopic (exact) mass is 302 g/mol. The SMILES string of the molecule is COc1ccc(O[C@]2(O)O[C@H](CO)[C@H](O)[C@H](O)[C@@H]2O)cc1. The van der Waals surface area contributed by atoms with E-state index in [0.29, 0.717) is 5.75 Å². The number of aliphatic hydroxyl groups is 5. The molecule has 0 amide bonds. The van der Waals surface area contributed by atoms with Crippen molar-refractivity contribution in [3.8, 4) is 11.5 Å². The number of ether oxygens (including phenoxy) is 3. The number of hydrogen-bond acceptors (Lipinski definition) is 8. The van der Waals surface area contributed by atoms with Crippen LogP contribution in [0.4, 0.5) is 0 Å². The van der Waals surface area contributed by atoms with Crippen LogP contribution in [0.1, 0.15) is 0 Å². The predicted molar refractivity (Wildman–Crippen MR) is 68.6 cm³/mol. The summed E-state index contributed by atoms with van der Waals surface area (Å²) in [5, 5.41) is 48.4. The highest BCUT2D eigenvalue weighted by atomic mass is 16.8. The molecular weight excluding hydrogens is 284 g/mol. The van der Waals surface area contributed by atoms with Crippen LogP contribution in [0.3, 0.4) is 0 Å². The maximum atomic E-state index is 10.2. The molecule has 1 fully saturated rings. The average molecular weight is 302 g/mol. The van der Waals surface area contributed by atoms with Crippen LogP contribution in [0.5, 0.6) is 11.5 Å². The fourth-order valence-corrected chi connectivity index (χ4v) is 2.02. The van der Waals surface area contributed by atoms with Crippen LogP contribution >= 0.6 is 0 Å². The van der Waals surface area contributed by atoms with Gasteiger partial charge in [0.1, 0.15) is 29.8 Å². The Hall–Kier alpha value is -1.42. The second-order valence-electron chi connectivity index (χ2n) is 4.67. The maximum Gasteiger partial charge on any atom is 0.355 e. The Morgan fingerprint density at radius 3 is 2.19 bits per heavy atom. The molecule has 0 bridgehead atoms. The van der Waals surface area contributed by atoms with Crippen LogP contribution in [0.15, 0.2) is 24.3 Å². The highest BCUT2D eigenvalue weighted by molar-refractivity contribution is 5.31. The van der Waals surface area contributed by atoms with Crippen LogP contribution in [0, 0.1) is 0 Å². The molecule has 0 unspecified atom stereocenters. The van der Waals surface area contributed by atoms with Crippen LogP contribution in [-0.4, -0.2) is 69.6 Å². The van der Waals surface area contributed by atoms with Gasteiger partial charge in [0.05, 0.1) is 13.7 Å². The summed E-state index contributed by atoms with van der Waals surface area (Å²) in [6.07, 6.45) is -6.51. The number of methoxy groups -OCH3 is 1. The third kappa shape index (κ3) is 3.10. The van der Waals surface area contributed by atoms with Crippen molar-refractivity contribution in [2.45, 2.75) is 30.4 Å². The van der Waals surface area contributed by atoms with E-state index < -0.39 is 37.0 Å². The molecule has 1 aromatic carbocycles. The zero-order chi connectivity index (χ0) is 15.6. The number of rotatable bonds is 4. The molecule has 1 heterocycles. The van der Waals surface area contributed by atoms with E-state index in [1.54, 1.807) is 12.1 Å². The van der Waals surface area contributed by atoms with E-state index in [-0.39, 0.29) is 5.75 Å². The Labute approximate surface area is 120 Å². The summed E-state index contributed by atoms with van der Waals surface area (Å²) in [5.41, 5.74) is 0. The van der Waals surface area contributed by atoms with E-state index in [0.717, 1.165) is 0 Å². The van der Waals surface area contributed by atoms with Gasteiger partial charge in [-0.3, -0.25) is 0 Å². The minimum absolute atomic E-state index is 0.137. The Morgan fingerprint density at radius 2 is 1.67 bits per heavy atom. The molecule has 2 rings (SSSR count). The summed E-state index contributed by atoms with van der Waals surface area (Å²) in [5.74, 6) is -1.90. The van der Waals surface area contributed by atoms with Crippen molar-refractivity contribution in [2.75, 3.05) is 13.7 Å². The molecule has 1 aliphatic rings. The molecule has 1 aliphatic heterocycles. The van der Waals surface area contributed by atoms with Crippen molar-refractivity contribution >= 4 is 0 Å². The summed E-state index contributed by atoms with van der Waals surface area (Å²) in [7, 11) is 1.49. The minimum atomic E-state index is -2.60. The van der Waals surface area contributed by atoms with Gasteiger partial charge in [0.2, 0.25) is 0 Å². The summed E-state index contributed by atoms with van der Waals surface area (Å²) in [4.78, 5) is 0. The average Bonchev–Trinajstić information content (AvgIpc) is 2.50. The topological polar surface area (TPSA) is 129 Å². The number of benzene rings is 1. The van der Waals surface area contributed by atoms with Crippen molar-refractivity contribution < 1.29 is 39.7 Å². The fourth-order valence-electron chi connectivity index (χ4n) is 2.02. The van der Waals surface area contributed by atoms with Crippen LogP contribution in [-0.2, 0) is 4.74 Å². The van der Waals surface area contributed by atoms with Gasteiger partial charge in [0, 0.05) is 0 Å². The van der Waals surface area contributed by atoms with Gasteiger partial charge in [-0.05, 0) is 24.3 Å². The summed E-state index contributed by atoms with van der Waals surface area (Å²) >= 11 is 0. The van der Waals surface area contributed by atoms with E-state index in [1.165, 1.54) is 19.2 Å². The quantitative estimate of drug-likeness (QED) is 0.412. The zero-order valence-electron chi connectivity index (χ0n) is 11.3. The van der Waals surface area contributed by atoms with Gasteiger partial charge in [-0.1, -0.05) is 0 Å². The summed E-state index contributed by atoms with van der Waals surface area (Å²) < 4.78 is 15.1. The first-order valence-electron chi connectivity index (χ1n) is 6.29. The Morgan fingerprint density at radius 1 is 1.10 bits per heavy atom. The van der Waals surface area contributed by atoms with Crippen molar-refractivity contribution in [3.63, 3.8) is 0 Å².